The fraction of sp³-hybridized carbons (Fsp3) is 0.667. The SMILES string of the molecule is CN(C)[C@@H]1CN(Cc2ccc(CCC(C)(C)O)cc2)C[C@H]1O. The second-order valence-electron chi connectivity index (χ2n) is 7.42. The quantitative estimate of drug-likeness (QED) is 0.836. The van der Waals surface area contributed by atoms with E-state index in [9.17, 15) is 10.2 Å². The first-order valence-corrected chi connectivity index (χ1v) is 8.11. The van der Waals surface area contributed by atoms with Crippen LogP contribution < -0.4 is 0 Å². The lowest BCUT2D eigenvalue weighted by atomic mass is 9.98. The van der Waals surface area contributed by atoms with Crippen LogP contribution in [0.5, 0.6) is 0 Å². The Labute approximate surface area is 134 Å². The number of β-amino-alcohol motifs (C(OH)–C–C–N with tert-alkyl or cyclic N) is 1. The van der Waals surface area contributed by atoms with Crippen molar-refractivity contribution in [2.24, 2.45) is 0 Å². The molecule has 0 radical (unpaired) electrons. The van der Waals surface area contributed by atoms with E-state index in [1.165, 1.54) is 11.1 Å². The van der Waals surface area contributed by atoms with Crippen LogP contribution in [0.1, 0.15) is 31.4 Å². The summed E-state index contributed by atoms with van der Waals surface area (Å²) in [7, 11) is 4.05. The summed E-state index contributed by atoms with van der Waals surface area (Å²) in [5.74, 6) is 0. The zero-order chi connectivity index (χ0) is 16.3. The summed E-state index contributed by atoms with van der Waals surface area (Å²) in [5, 5.41) is 19.9. The van der Waals surface area contributed by atoms with Crippen molar-refractivity contribution in [1.82, 2.24) is 9.80 Å². The van der Waals surface area contributed by atoms with E-state index in [1.807, 2.05) is 27.9 Å². The molecule has 0 aromatic heterocycles. The Morgan fingerprint density at radius 2 is 1.73 bits per heavy atom. The molecule has 1 aliphatic rings. The van der Waals surface area contributed by atoms with Gasteiger partial charge in [-0.25, -0.2) is 0 Å². The topological polar surface area (TPSA) is 46.9 Å². The Morgan fingerprint density at radius 3 is 2.23 bits per heavy atom. The molecule has 0 bridgehead atoms. The highest BCUT2D eigenvalue weighted by Gasteiger charge is 2.32. The standard InChI is InChI=1S/C18H30N2O2/c1-18(2,22)10-9-14-5-7-15(8-6-14)11-20-12-16(19(3)4)17(21)13-20/h5-8,16-17,21-22H,9-13H2,1-4H3/t16-,17-/m1/s1. The lowest BCUT2D eigenvalue weighted by Gasteiger charge is -2.21. The molecule has 22 heavy (non-hydrogen) atoms. The molecule has 0 spiro atoms. The number of rotatable bonds is 6. The summed E-state index contributed by atoms with van der Waals surface area (Å²) in [4.78, 5) is 4.41. The molecule has 4 nitrogen and oxygen atoms in total. The number of aliphatic hydroxyl groups is 2. The lowest BCUT2D eigenvalue weighted by molar-refractivity contribution is 0.0714. The lowest BCUT2D eigenvalue weighted by Crippen LogP contribution is -2.37. The predicted molar refractivity (Wildman–Crippen MR) is 89.8 cm³/mol. The first-order valence-electron chi connectivity index (χ1n) is 8.11. The molecule has 0 unspecified atom stereocenters. The number of aliphatic hydroxyl groups excluding tert-OH is 1. The monoisotopic (exact) mass is 306 g/mol. The van der Waals surface area contributed by atoms with Crippen molar-refractivity contribution < 1.29 is 10.2 Å². The van der Waals surface area contributed by atoms with E-state index in [2.05, 4.69) is 34.1 Å². The highest BCUT2D eigenvalue weighted by molar-refractivity contribution is 5.23. The minimum Gasteiger partial charge on any atom is -0.390 e. The minimum atomic E-state index is -0.606. The number of likely N-dealkylation sites (N-methyl/N-ethyl adjacent to an activating group) is 1. The minimum absolute atomic E-state index is 0.228. The maximum atomic E-state index is 10.1. The first-order chi connectivity index (χ1) is 10.2. The molecule has 2 N–H and O–H groups in total. The molecule has 1 saturated heterocycles. The zero-order valence-corrected chi connectivity index (χ0v) is 14.3. The molecule has 4 heteroatoms. The van der Waals surface area contributed by atoms with Crippen LogP contribution in [0.4, 0.5) is 0 Å². The number of hydrogen-bond donors (Lipinski definition) is 2. The van der Waals surface area contributed by atoms with Gasteiger partial charge in [-0.2, -0.15) is 0 Å². The molecule has 0 amide bonds. The maximum absolute atomic E-state index is 10.1. The van der Waals surface area contributed by atoms with Crippen molar-refractivity contribution in [1.29, 1.82) is 0 Å². The first kappa shape index (κ1) is 17.4. The zero-order valence-electron chi connectivity index (χ0n) is 14.3. The van der Waals surface area contributed by atoms with Gasteiger partial charge in [0.25, 0.3) is 0 Å². The Morgan fingerprint density at radius 1 is 1.14 bits per heavy atom. The second-order valence-corrected chi connectivity index (χ2v) is 7.42. The molecule has 1 aromatic carbocycles. The van der Waals surface area contributed by atoms with Crippen LogP contribution in [-0.4, -0.2) is 64.9 Å². The normalized spacial score (nSPS) is 23.4. The van der Waals surface area contributed by atoms with Gasteiger partial charge in [-0.3, -0.25) is 4.90 Å². The highest BCUT2D eigenvalue weighted by Crippen LogP contribution is 2.18. The van der Waals surface area contributed by atoms with E-state index in [-0.39, 0.29) is 12.1 Å². The molecule has 2 atom stereocenters. The van der Waals surface area contributed by atoms with E-state index in [1.54, 1.807) is 0 Å². The van der Waals surface area contributed by atoms with E-state index in [4.69, 9.17) is 0 Å². The molecule has 2 rings (SSSR count). The third kappa shape index (κ3) is 5.06. The Hall–Kier alpha value is -0.940. The number of hydrogen-bond acceptors (Lipinski definition) is 4. The Balaban J connectivity index is 1.87. The van der Waals surface area contributed by atoms with Gasteiger partial charge in [0, 0.05) is 25.7 Å². The molecule has 124 valence electrons. The average molecular weight is 306 g/mol. The molecule has 0 saturated carbocycles. The molecule has 1 aliphatic heterocycles. The number of nitrogens with zero attached hydrogens (tertiary/aromatic N) is 2. The van der Waals surface area contributed by atoms with E-state index >= 15 is 0 Å². The maximum Gasteiger partial charge on any atom is 0.0834 e. The van der Waals surface area contributed by atoms with Gasteiger partial charge in [0.2, 0.25) is 0 Å². The van der Waals surface area contributed by atoms with Gasteiger partial charge < -0.3 is 15.1 Å². The van der Waals surface area contributed by atoms with E-state index < -0.39 is 5.60 Å². The molecule has 1 fully saturated rings. The fourth-order valence-corrected chi connectivity index (χ4v) is 3.00. The molecule has 1 aromatic rings. The van der Waals surface area contributed by atoms with E-state index in [0.717, 1.165) is 32.5 Å². The average Bonchev–Trinajstić information content (AvgIpc) is 2.78. The van der Waals surface area contributed by atoms with Crippen molar-refractivity contribution in [3.05, 3.63) is 35.4 Å². The number of likely N-dealkylation sites (tertiary alicyclic amines) is 1. The van der Waals surface area contributed by atoms with Gasteiger partial charge in [0.05, 0.1) is 11.7 Å². The van der Waals surface area contributed by atoms with E-state index in [0.29, 0.717) is 0 Å². The van der Waals surface area contributed by atoms with Crippen LogP contribution >= 0.6 is 0 Å². The van der Waals surface area contributed by atoms with Crippen molar-refractivity contribution in [2.45, 2.75) is 51.0 Å². The summed E-state index contributed by atoms with van der Waals surface area (Å²) in [6.07, 6.45) is 1.41. The van der Waals surface area contributed by atoms with Gasteiger partial charge in [0.15, 0.2) is 0 Å². The van der Waals surface area contributed by atoms with Crippen molar-refractivity contribution in [3.8, 4) is 0 Å². The van der Waals surface area contributed by atoms with Crippen LogP contribution in [0, 0.1) is 0 Å². The van der Waals surface area contributed by atoms with Crippen molar-refractivity contribution in [2.75, 3.05) is 27.2 Å². The highest BCUT2D eigenvalue weighted by atomic mass is 16.3. The molecule has 1 heterocycles. The summed E-state index contributed by atoms with van der Waals surface area (Å²) in [5.41, 5.74) is 1.93. The van der Waals surface area contributed by atoms with Gasteiger partial charge >= 0.3 is 0 Å². The van der Waals surface area contributed by atoms with Crippen LogP contribution in [-0.2, 0) is 13.0 Å². The van der Waals surface area contributed by atoms with Crippen LogP contribution in [0.25, 0.3) is 0 Å². The predicted octanol–water partition coefficient (Wildman–Crippen LogP) is 1.50. The Kier molecular flexibility index (Phi) is 5.61. The third-order valence-electron chi connectivity index (χ3n) is 4.45. The summed E-state index contributed by atoms with van der Waals surface area (Å²) in [6, 6.07) is 8.85. The Bertz CT molecular complexity index is 465. The number of benzene rings is 1. The second kappa shape index (κ2) is 7.09. The summed E-state index contributed by atoms with van der Waals surface area (Å²) in [6.45, 7) is 6.23. The summed E-state index contributed by atoms with van der Waals surface area (Å²) < 4.78 is 0. The van der Waals surface area contributed by atoms with Gasteiger partial charge in [-0.05, 0) is 51.9 Å². The van der Waals surface area contributed by atoms with Crippen LogP contribution in [0.2, 0.25) is 0 Å². The molecule has 0 aliphatic carbocycles. The third-order valence-corrected chi connectivity index (χ3v) is 4.45. The van der Waals surface area contributed by atoms with Gasteiger partial charge in [-0.15, -0.1) is 0 Å². The van der Waals surface area contributed by atoms with Crippen molar-refractivity contribution in [3.63, 3.8) is 0 Å². The fourth-order valence-electron chi connectivity index (χ4n) is 3.00. The van der Waals surface area contributed by atoms with Crippen molar-refractivity contribution >= 4 is 0 Å². The largest absolute Gasteiger partial charge is 0.390 e. The molecular formula is C18H30N2O2. The van der Waals surface area contributed by atoms with Gasteiger partial charge in [-0.1, -0.05) is 24.3 Å². The smallest absolute Gasteiger partial charge is 0.0834 e. The van der Waals surface area contributed by atoms with Crippen LogP contribution in [0.15, 0.2) is 24.3 Å². The van der Waals surface area contributed by atoms with Crippen LogP contribution in [0.3, 0.4) is 0 Å². The number of aryl methyl sites for hydroxylation is 1. The summed E-state index contributed by atoms with van der Waals surface area (Å²) >= 11 is 0. The van der Waals surface area contributed by atoms with Gasteiger partial charge in [0.1, 0.15) is 0 Å². The molecular weight excluding hydrogens is 276 g/mol.